The smallest absolute Gasteiger partial charge is 0.411 e. The molecule has 2 rings (SSSR count). The topological polar surface area (TPSA) is 89.5 Å². The highest BCUT2D eigenvalue weighted by Crippen LogP contribution is 2.15. The van der Waals surface area contributed by atoms with Crippen LogP contribution in [0, 0.1) is 0 Å². The molecule has 0 aliphatic rings. The molecule has 2 aromatic rings. The van der Waals surface area contributed by atoms with Gasteiger partial charge in [0.2, 0.25) is 5.88 Å². The van der Waals surface area contributed by atoms with Crippen LogP contribution in [0.15, 0.2) is 42.6 Å². The van der Waals surface area contributed by atoms with Crippen molar-refractivity contribution in [2.24, 2.45) is 0 Å². The van der Waals surface area contributed by atoms with Gasteiger partial charge in [-0.15, -0.1) is 0 Å². The summed E-state index contributed by atoms with van der Waals surface area (Å²) in [5.74, 6) is 0.146. The number of rotatable bonds is 5. The monoisotopic (exact) mass is 315 g/mol. The zero-order valence-electron chi connectivity index (χ0n) is 12.8. The summed E-state index contributed by atoms with van der Waals surface area (Å²) in [5.41, 5.74) is 1.42. The number of carbonyl (C=O) groups excluding carboxylic acids is 2. The van der Waals surface area contributed by atoms with Crippen LogP contribution in [-0.4, -0.2) is 30.7 Å². The molecule has 2 N–H and O–H groups in total. The molecular weight excluding hydrogens is 298 g/mol. The van der Waals surface area contributed by atoms with Crippen LogP contribution < -0.4 is 15.4 Å². The van der Waals surface area contributed by atoms with Gasteiger partial charge in [0.05, 0.1) is 25.6 Å². The Morgan fingerprint density at radius 2 is 1.96 bits per heavy atom. The minimum Gasteiger partial charge on any atom is -0.481 e. The number of amides is 2. The van der Waals surface area contributed by atoms with Gasteiger partial charge >= 0.3 is 6.09 Å². The Morgan fingerprint density at radius 1 is 1.13 bits per heavy atom. The molecule has 120 valence electrons. The lowest BCUT2D eigenvalue weighted by Gasteiger charge is -2.08. The summed E-state index contributed by atoms with van der Waals surface area (Å²) >= 11 is 0. The number of nitrogens with one attached hydrogen (secondary N) is 2. The highest BCUT2D eigenvalue weighted by atomic mass is 16.5. The first-order valence-corrected chi connectivity index (χ1v) is 6.97. The van der Waals surface area contributed by atoms with Gasteiger partial charge in [0.1, 0.15) is 0 Å². The molecule has 23 heavy (non-hydrogen) atoms. The number of hydrogen-bond acceptors (Lipinski definition) is 5. The molecular formula is C16H17N3O4. The number of methoxy groups -OCH3 is 1. The average Bonchev–Trinajstić information content (AvgIpc) is 2.56. The van der Waals surface area contributed by atoms with E-state index in [1.54, 1.807) is 43.3 Å². The Hall–Kier alpha value is -3.09. The van der Waals surface area contributed by atoms with Crippen molar-refractivity contribution in [3.63, 3.8) is 0 Å². The molecule has 7 nitrogen and oxygen atoms in total. The third-order valence-electron chi connectivity index (χ3n) is 2.85. The van der Waals surface area contributed by atoms with Crippen molar-refractivity contribution in [1.29, 1.82) is 0 Å². The number of aromatic nitrogens is 1. The first-order valence-electron chi connectivity index (χ1n) is 6.97. The molecule has 2 amide bonds. The number of pyridine rings is 1. The van der Waals surface area contributed by atoms with Gasteiger partial charge in [-0.1, -0.05) is 6.07 Å². The number of benzene rings is 1. The highest BCUT2D eigenvalue weighted by molar-refractivity contribution is 6.05. The third kappa shape index (κ3) is 4.70. The Kier molecular flexibility index (Phi) is 5.51. The zero-order chi connectivity index (χ0) is 16.7. The van der Waals surface area contributed by atoms with Crippen molar-refractivity contribution < 1.29 is 19.1 Å². The number of anilines is 2. The summed E-state index contributed by atoms with van der Waals surface area (Å²) in [7, 11) is 1.52. The largest absolute Gasteiger partial charge is 0.481 e. The van der Waals surface area contributed by atoms with Gasteiger partial charge in [-0.3, -0.25) is 10.1 Å². The molecule has 0 aliphatic carbocycles. The maximum absolute atomic E-state index is 12.2. The van der Waals surface area contributed by atoms with Crippen molar-refractivity contribution in [1.82, 2.24) is 4.98 Å². The van der Waals surface area contributed by atoms with E-state index in [0.29, 0.717) is 22.8 Å². The van der Waals surface area contributed by atoms with Crippen molar-refractivity contribution >= 4 is 23.4 Å². The average molecular weight is 315 g/mol. The summed E-state index contributed by atoms with van der Waals surface area (Å²) < 4.78 is 9.75. The Bertz CT molecular complexity index is 686. The first kappa shape index (κ1) is 16.3. The number of hydrogen-bond donors (Lipinski definition) is 2. The van der Waals surface area contributed by atoms with Crippen LogP contribution in [0.25, 0.3) is 0 Å². The van der Waals surface area contributed by atoms with E-state index in [-0.39, 0.29) is 12.5 Å². The maximum Gasteiger partial charge on any atom is 0.411 e. The Morgan fingerprint density at radius 3 is 2.61 bits per heavy atom. The predicted octanol–water partition coefficient (Wildman–Crippen LogP) is 2.91. The number of ether oxygens (including phenoxy) is 2. The van der Waals surface area contributed by atoms with Crippen LogP contribution >= 0.6 is 0 Å². The fourth-order valence-electron chi connectivity index (χ4n) is 1.80. The minimum atomic E-state index is -0.565. The van der Waals surface area contributed by atoms with Crippen LogP contribution in [-0.2, 0) is 4.74 Å². The van der Waals surface area contributed by atoms with E-state index >= 15 is 0 Å². The van der Waals surface area contributed by atoms with Crippen LogP contribution in [0.4, 0.5) is 16.2 Å². The van der Waals surface area contributed by atoms with Crippen molar-refractivity contribution in [2.45, 2.75) is 6.92 Å². The first-order chi connectivity index (χ1) is 11.1. The van der Waals surface area contributed by atoms with Crippen LogP contribution in [0.1, 0.15) is 17.3 Å². The lowest BCUT2D eigenvalue weighted by Crippen LogP contribution is -2.15. The molecule has 1 aromatic heterocycles. The molecule has 0 atom stereocenters. The van der Waals surface area contributed by atoms with Gasteiger partial charge in [0.15, 0.2) is 0 Å². The Balaban J connectivity index is 2.05. The third-order valence-corrected chi connectivity index (χ3v) is 2.85. The molecule has 0 spiro atoms. The van der Waals surface area contributed by atoms with E-state index < -0.39 is 6.09 Å². The van der Waals surface area contributed by atoms with Gasteiger partial charge in [-0.25, -0.2) is 9.78 Å². The van der Waals surface area contributed by atoms with Crippen molar-refractivity contribution in [3.8, 4) is 5.88 Å². The van der Waals surface area contributed by atoms with E-state index in [4.69, 9.17) is 9.47 Å². The molecule has 0 aliphatic heterocycles. The fourth-order valence-corrected chi connectivity index (χ4v) is 1.80. The molecule has 0 fully saturated rings. The quantitative estimate of drug-likeness (QED) is 0.885. The molecule has 1 aromatic carbocycles. The Labute approximate surface area is 133 Å². The second-order valence-corrected chi connectivity index (χ2v) is 4.47. The molecule has 0 bridgehead atoms. The second kappa shape index (κ2) is 7.79. The van der Waals surface area contributed by atoms with Gasteiger partial charge in [-0.05, 0) is 31.2 Å². The maximum atomic E-state index is 12.2. The van der Waals surface area contributed by atoms with E-state index in [1.165, 1.54) is 13.3 Å². The summed E-state index contributed by atoms with van der Waals surface area (Å²) in [5, 5.41) is 5.26. The van der Waals surface area contributed by atoms with Gasteiger partial charge in [-0.2, -0.15) is 0 Å². The second-order valence-electron chi connectivity index (χ2n) is 4.47. The molecule has 1 heterocycles. The van der Waals surface area contributed by atoms with E-state index in [9.17, 15) is 9.59 Å². The lowest BCUT2D eigenvalue weighted by atomic mass is 10.2. The lowest BCUT2D eigenvalue weighted by molar-refractivity contribution is 0.102. The molecule has 0 radical (unpaired) electrons. The summed E-state index contributed by atoms with van der Waals surface area (Å²) in [6.45, 7) is 1.99. The molecule has 0 saturated carbocycles. The van der Waals surface area contributed by atoms with Crippen LogP contribution in [0.5, 0.6) is 5.88 Å². The SMILES string of the molecule is CCOC(=O)Nc1cccc(C(=O)Nc2ccc(OC)nc2)c1. The summed E-state index contributed by atoms with van der Waals surface area (Å²) in [6.07, 6.45) is 0.932. The number of nitrogens with zero attached hydrogens (tertiary/aromatic N) is 1. The van der Waals surface area contributed by atoms with Crippen LogP contribution in [0.2, 0.25) is 0 Å². The highest BCUT2D eigenvalue weighted by Gasteiger charge is 2.09. The standard InChI is InChI=1S/C16H17N3O4/c1-3-23-16(21)19-12-6-4-5-11(9-12)15(20)18-13-7-8-14(22-2)17-10-13/h4-10H,3H2,1-2H3,(H,18,20)(H,19,21). The summed E-state index contributed by atoms with van der Waals surface area (Å²) in [6, 6.07) is 9.87. The van der Waals surface area contributed by atoms with Gasteiger partial charge in [0, 0.05) is 17.3 Å². The van der Waals surface area contributed by atoms with Gasteiger partial charge < -0.3 is 14.8 Å². The van der Waals surface area contributed by atoms with E-state index in [0.717, 1.165) is 0 Å². The molecule has 0 saturated heterocycles. The van der Waals surface area contributed by atoms with E-state index in [1.807, 2.05) is 0 Å². The number of carbonyl (C=O) groups is 2. The molecule has 7 heteroatoms. The molecule has 0 unspecified atom stereocenters. The normalized spacial score (nSPS) is 9.83. The van der Waals surface area contributed by atoms with E-state index in [2.05, 4.69) is 15.6 Å². The van der Waals surface area contributed by atoms with Crippen LogP contribution in [0.3, 0.4) is 0 Å². The zero-order valence-corrected chi connectivity index (χ0v) is 12.8. The van der Waals surface area contributed by atoms with Crippen molar-refractivity contribution in [3.05, 3.63) is 48.2 Å². The van der Waals surface area contributed by atoms with Crippen molar-refractivity contribution in [2.75, 3.05) is 24.4 Å². The fraction of sp³-hybridized carbons (Fsp3) is 0.188. The summed E-state index contributed by atoms with van der Waals surface area (Å²) in [4.78, 5) is 27.6. The predicted molar refractivity (Wildman–Crippen MR) is 85.8 cm³/mol. The van der Waals surface area contributed by atoms with Gasteiger partial charge in [0.25, 0.3) is 5.91 Å². The minimum absolute atomic E-state index is 0.274.